The molecule has 2 aliphatic rings. The molecule has 7 nitrogen and oxygen atoms in total. The number of hydrogen-bond acceptors (Lipinski definition) is 5. The Morgan fingerprint density at radius 2 is 1.97 bits per heavy atom. The number of benzene rings is 1. The number of nitrogens with one attached hydrogen (secondary N) is 2. The lowest BCUT2D eigenvalue weighted by Gasteiger charge is -2.33. The zero-order valence-corrected chi connectivity index (χ0v) is 16.2. The second-order valence-corrected chi connectivity index (χ2v) is 6.90. The predicted octanol–water partition coefficient (Wildman–Crippen LogP) is 2.95. The quantitative estimate of drug-likeness (QED) is 0.677. The van der Waals surface area contributed by atoms with Gasteiger partial charge in [0.2, 0.25) is 0 Å². The highest BCUT2D eigenvalue weighted by molar-refractivity contribution is 5.95. The number of likely N-dealkylation sites (tertiary alicyclic amines) is 1. The number of esters is 1. The number of carbonyl (C=O) groups is 2. The minimum Gasteiger partial charge on any atom is -0.463 e. The molecule has 158 valence electrons. The lowest BCUT2D eigenvalue weighted by atomic mass is 9.94. The van der Waals surface area contributed by atoms with E-state index >= 15 is 0 Å². The SMILES string of the molecule is CCOC(=O)C1=C(CN2CCCCC2)NC(=O)N[C@H]1c1ccccc1OC(F)F. The van der Waals surface area contributed by atoms with Gasteiger partial charge in [-0.1, -0.05) is 24.6 Å². The van der Waals surface area contributed by atoms with E-state index in [-0.39, 0.29) is 23.5 Å². The van der Waals surface area contributed by atoms with Gasteiger partial charge in [-0.15, -0.1) is 0 Å². The molecular formula is C20H25F2N3O4. The fourth-order valence-electron chi connectivity index (χ4n) is 3.69. The predicted molar refractivity (Wildman–Crippen MR) is 101 cm³/mol. The van der Waals surface area contributed by atoms with Crippen molar-refractivity contribution in [1.82, 2.24) is 15.5 Å². The van der Waals surface area contributed by atoms with Crippen molar-refractivity contribution in [3.63, 3.8) is 0 Å². The van der Waals surface area contributed by atoms with Gasteiger partial charge in [-0.25, -0.2) is 9.59 Å². The second kappa shape index (κ2) is 9.69. The summed E-state index contributed by atoms with van der Waals surface area (Å²) in [5.74, 6) is -0.710. The van der Waals surface area contributed by atoms with E-state index in [4.69, 9.17) is 4.74 Å². The van der Waals surface area contributed by atoms with Crippen LogP contribution in [0.2, 0.25) is 0 Å². The second-order valence-electron chi connectivity index (χ2n) is 6.90. The number of urea groups is 1. The molecule has 1 aromatic carbocycles. The van der Waals surface area contributed by atoms with Crippen LogP contribution in [0.15, 0.2) is 35.5 Å². The molecule has 0 unspecified atom stereocenters. The number of rotatable bonds is 7. The highest BCUT2D eigenvalue weighted by Crippen LogP contribution is 2.34. The zero-order chi connectivity index (χ0) is 20.8. The van der Waals surface area contributed by atoms with Gasteiger partial charge in [0.25, 0.3) is 0 Å². The summed E-state index contributed by atoms with van der Waals surface area (Å²) in [6.45, 7) is 0.888. The Hall–Kier alpha value is -2.68. The summed E-state index contributed by atoms with van der Waals surface area (Å²) in [5.41, 5.74) is 0.884. The molecule has 29 heavy (non-hydrogen) atoms. The minimum atomic E-state index is -3.03. The maximum atomic E-state index is 12.9. The molecule has 0 saturated carbocycles. The Balaban J connectivity index is 2.02. The minimum absolute atomic E-state index is 0.103. The first-order valence-corrected chi connectivity index (χ1v) is 9.73. The average Bonchev–Trinajstić information content (AvgIpc) is 2.68. The summed E-state index contributed by atoms with van der Waals surface area (Å²) < 4.78 is 35.6. The molecule has 1 fully saturated rings. The van der Waals surface area contributed by atoms with Crippen molar-refractivity contribution in [2.75, 3.05) is 26.2 Å². The Labute approximate surface area is 168 Å². The molecule has 1 saturated heterocycles. The van der Waals surface area contributed by atoms with Crippen LogP contribution in [0.25, 0.3) is 0 Å². The van der Waals surface area contributed by atoms with Crippen molar-refractivity contribution < 1.29 is 27.8 Å². The first-order chi connectivity index (χ1) is 14.0. The number of piperidine rings is 1. The normalized spacial score (nSPS) is 20.3. The fourth-order valence-corrected chi connectivity index (χ4v) is 3.69. The molecule has 0 spiro atoms. The van der Waals surface area contributed by atoms with Gasteiger partial charge in [0.05, 0.1) is 18.2 Å². The van der Waals surface area contributed by atoms with Crippen LogP contribution in [-0.4, -0.2) is 49.8 Å². The Kier molecular flexibility index (Phi) is 7.03. The molecule has 3 rings (SSSR count). The third-order valence-electron chi connectivity index (χ3n) is 4.93. The lowest BCUT2D eigenvalue weighted by molar-refractivity contribution is -0.139. The number of nitrogens with zero attached hydrogens (tertiary/aromatic N) is 1. The van der Waals surface area contributed by atoms with Gasteiger partial charge >= 0.3 is 18.6 Å². The number of carbonyl (C=O) groups excluding carboxylic acids is 2. The smallest absolute Gasteiger partial charge is 0.387 e. The van der Waals surface area contributed by atoms with E-state index in [1.807, 2.05) is 0 Å². The van der Waals surface area contributed by atoms with E-state index in [1.165, 1.54) is 6.07 Å². The van der Waals surface area contributed by atoms with E-state index < -0.39 is 24.7 Å². The van der Waals surface area contributed by atoms with Crippen molar-refractivity contribution in [3.05, 3.63) is 41.1 Å². The van der Waals surface area contributed by atoms with Crippen molar-refractivity contribution in [2.45, 2.75) is 38.8 Å². The number of alkyl halides is 2. The molecular weight excluding hydrogens is 384 g/mol. The van der Waals surface area contributed by atoms with Gasteiger partial charge in [0, 0.05) is 17.8 Å². The van der Waals surface area contributed by atoms with Gasteiger partial charge in [0.1, 0.15) is 5.75 Å². The highest BCUT2D eigenvalue weighted by atomic mass is 19.3. The van der Waals surface area contributed by atoms with Crippen molar-refractivity contribution in [1.29, 1.82) is 0 Å². The van der Waals surface area contributed by atoms with Crippen molar-refractivity contribution >= 4 is 12.0 Å². The Bertz CT molecular complexity index is 779. The number of amides is 2. The third kappa shape index (κ3) is 5.23. The maximum Gasteiger partial charge on any atom is 0.387 e. The van der Waals surface area contributed by atoms with Crippen LogP contribution in [-0.2, 0) is 9.53 Å². The van der Waals surface area contributed by atoms with Crippen molar-refractivity contribution in [3.8, 4) is 5.75 Å². The number of ether oxygens (including phenoxy) is 2. The van der Waals surface area contributed by atoms with Gasteiger partial charge in [-0.2, -0.15) is 8.78 Å². The van der Waals surface area contributed by atoms with E-state index in [9.17, 15) is 18.4 Å². The van der Waals surface area contributed by atoms with E-state index in [2.05, 4.69) is 20.3 Å². The first kappa shape index (κ1) is 21.0. The van der Waals surface area contributed by atoms with Crippen molar-refractivity contribution in [2.24, 2.45) is 0 Å². The van der Waals surface area contributed by atoms with E-state index in [1.54, 1.807) is 25.1 Å². The zero-order valence-electron chi connectivity index (χ0n) is 16.2. The molecule has 9 heteroatoms. The van der Waals surface area contributed by atoms with Crippen LogP contribution >= 0.6 is 0 Å². The first-order valence-electron chi connectivity index (χ1n) is 9.73. The molecule has 2 heterocycles. The molecule has 1 aromatic rings. The van der Waals surface area contributed by atoms with Crippen LogP contribution < -0.4 is 15.4 Å². The van der Waals surface area contributed by atoms with Gasteiger partial charge in [-0.05, 0) is 38.9 Å². The largest absolute Gasteiger partial charge is 0.463 e. The van der Waals surface area contributed by atoms with Crippen LogP contribution in [0, 0.1) is 0 Å². The van der Waals surface area contributed by atoms with Gasteiger partial charge in [-0.3, -0.25) is 4.90 Å². The van der Waals surface area contributed by atoms with Gasteiger partial charge in [0.15, 0.2) is 0 Å². The summed E-state index contributed by atoms with van der Waals surface area (Å²) in [6.07, 6.45) is 3.24. The Morgan fingerprint density at radius 3 is 2.66 bits per heavy atom. The maximum absolute atomic E-state index is 12.9. The Morgan fingerprint density at radius 1 is 1.24 bits per heavy atom. The van der Waals surface area contributed by atoms with Crippen LogP contribution in [0.4, 0.5) is 13.6 Å². The molecule has 0 radical (unpaired) electrons. The molecule has 0 aromatic heterocycles. The van der Waals surface area contributed by atoms with Crippen LogP contribution in [0.5, 0.6) is 5.75 Å². The van der Waals surface area contributed by atoms with E-state index in [0.717, 1.165) is 32.4 Å². The molecule has 1 atom stereocenters. The van der Waals surface area contributed by atoms with E-state index in [0.29, 0.717) is 12.2 Å². The summed E-state index contributed by atoms with van der Waals surface area (Å²) in [4.78, 5) is 27.3. The lowest BCUT2D eigenvalue weighted by Crippen LogP contribution is -2.49. The number of para-hydroxylation sites is 1. The summed E-state index contributed by atoms with van der Waals surface area (Å²) >= 11 is 0. The van der Waals surface area contributed by atoms with Crippen LogP contribution in [0.3, 0.4) is 0 Å². The average molecular weight is 409 g/mol. The van der Waals surface area contributed by atoms with Gasteiger partial charge < -0.3 is 20.1 Å². The third-order valence-corrected chi connectivity index (χ3v) is 4.93. The summed E-state index contributed by atoms with van der Waals surface area (Å²) in [5, 5.41) is 5.36. The summed E-state index contributed by atoms with van der Waals surface area (Å²) in [6, 6.07) is 4.63. The highest BCUT2D eigenvalue weighted by Gasteiger charge is 2.36. The molecule has 2 amide bonds. The molecule has 0 aliphatic carbocycles. The summed E-state index contributed by atoms with van der Waals surface area (Å²) in [7, 11) is 0. The molecule has 2 aliphatic heterocycles. The standard InChI is InChI=1S/C20H25F2N3O4/c1-2-28-18(26)16-14(12-25-10-6-3-7-11-25)23-20(27)24-17(16)13-8-4-5-9-15(13)29-19(21)22/h4-5,8-9,17,19H,2-3,6-7,10-12H2,1H3,(H2,23,24,27)/t17-/m0/s1. The molecule has 2 N–H and O–H groups in total. The van der Waals surface area contributed by atoms with Crippen LogP contribution in [0.1, 0.15) is 37.8 Å². The number of halogens is 2. The monoisotopic (exact) mass is 409 g/mol. The molecule has 0 bridgehead atoms. The number of hydrogen-bond donors (Lipinski definition) is 2. The fraction of sp³-hybridized carbons (Fsp3) is 0.500. The topological polar surface area (TPSA) is 79.9 Å².